The molecule has 12 nitrogen and oxygen atoms in total. The highest BCUT2D eigenvalue weighted by Crippen LogP contribution is 2.42. The number of nitrogens with two attached hydrogens (primary N) is 1. The van der Waals surface area contributed by atoms with E-state index in [4.69, 9.17) is 19.9 Å². The second-order valence-electron chi connectivity index (χ2n) is 12.9. The molecular formula is C32H57N6O6P. The maximum Gasteiger partial charge on any atom is 0.326 e. The van der Waals surface area contributed by atoms with Gasteiger partial charge in [-0.25, -0.2) is 20.1 Å². The number of nitrogen functional groups attached to an aromatic ring is 1. The summed E-state index contributed by atoms with van der Waals surface area (Å²) in [6.07, 6.45) is 12.7. The van der Waals surface area contributed by atoms with Crippen LogP contribution in [0.15, 0.2) is 18.6 Å². The van der Waals surface area contributed by atoms with Crippen LogP contribution in [0.4, 0.5) is 5.69 Å². The summed E-state index contributed by atoms with van der Waals surface area (Å²) in [5.74, 6) is -1.07. The molecule has 0 radical (unpaired) electrons. The smallest absolute Gasteiger partial charge is 0.326 e. The number of hydrogen-bond acceptors (Lipinski definition) is 9. The van der Waals surface area contributed by atoms with Crippen molar-refractivity contribution in [2.24, 2.45) is 0 Å². The zero-order chi connectivity index (χ0) is 33.5. The summed E-state index contributed by atoms with van der Waals surface area (Å²) in [6.45, 7) is 13.5. The van der Waals surface area contributed by atoms with Crippen LogP contribution in [0.5, 0.6) is 0 Å². The fraction of sp³-hybridized carbons (Fsp3) is 0.750. The van der Waals surface area contributed by atoms with Gasteiger partial charge < -0.3 is 24.5 Å². The molecule has 0 fully saturated rings. The molecule has 0 saturated heterocycles. The zero-order valence-corrected chi connectivity index (χ0v) is 29.4. The quantitative estimate of drug-likeness (QED) is 0.0699. The van der Waals surface area contributed by atoms with Crippen molar-refractivity contribution in [2.75, 3.05) is 25.3 Å². The number of imidazole rings is 1. The van der Waals surface area contributed by atoms with E-state index in [2.05, 4.69) is 34.0 Å². The van der Waals surface area contributed by atoms with E-state index in [9.17, 15) is 14.2 Å². The van der Waals surface area contributed by atoms with Gasteiger partial charge in [0, 0.05) is 6.20 Å². The minimum absolute atomic E-state index is 0.284. The van der Waals surface area contributed by atoms with Crippen molar-refractivity contribution in [2.45, 2.75) is 136 Å². The topological polar surface area (TPSA) is 160 Å². The van der Waals surface area contributed by atoms with Crippen molar-refractivity contribution >= 4 is 36.2 Å². The van der Waals surface area contributed by atoms with E-state index in [0.717, 1.165) is 64.2 Å². The van der Waals surface area contributed by atoms with E-state index in [1.165, 1.54) is 0 Å². The van der Waals surface area contributed by atoms with Crippen LogP contribution < -0.4 is 15.9 Å². The first kappa shape index (κ1) is 38.7. The van der Waals surface area contributed by atoms with Crippen molar-refractivity contribution in [3.05, 3.63) is 18.6 Å². The third-order valence-corrected chi connectivity index (χ3v) is 9.79. The molecule has 1 atom stereocenters. The van der Waals surface area contributed by atoms with E-state index < -0.39 is 36.6 Å². The predicted molar refractivity (Wildman–Crippen MR) is 179 cm³/mol. The molecule has 0 aliphatic heterocycles. The number of unbranched alkanes of at least 4 members (excludes halogenated alkanes) is 8. The first-order valence-electron chi connectivity index (χ1n) is 16.4. The minimum Gasteiger partial charge on any atom is -0.464 e. The molecule has 0 aromatic carbocycles. The molecule has 2 heterocycles. The number of rotatable bonds is 23. The van der Waals surface area contributed by atoms with Gasteiger partial charge in [0.15, 0.2) is 5.65 Å². The van der Waals surface area contributed by atoms with Crippen molar-refractivity contribution in [1.82, 2.24) is 24.7 Å². The Kier molecular flexibility index (Phi) is 16.0. The van der Waals surface area contributed by atoms with Gasteiger partial charge in [0.05, 0.1) is 37.9 Å². The summed E-state index contributed by atoms with van der Waals surface area (Å²) in [4.78, 5) is 34.9. The van der Waals surface area contributed by atoms with Gasteiger partial charge in [-0.1, -0.05) is 65.2 Å². The average Bonchev–Trinajstić information content (AvgIpc) is 3.38. The number of nitrogens with one attached hydrogen (secondary N) is 2. The molecular weight excluding hydrogens is 595 g/mol. The van der Waals surface area contributed by atoms with Gasteiger partial charge in [0.25, 0.3) is 0 Å². The molecule has 2 rings (SSSR count). The molecule has 13 heteroatoms. The van der Waals surface area contributed by atoms with Crippen LogP contribution in [0.25, 0.3) is 11.2 Å². The van der Waals surface area contributed by atoms with Gasteiger partial charge in [-0.15, -0.1) is 0 Å². The lowest BCUT2D eigenvalue weighted by Gasteiger charge is -2.35. The lowest BCUT2D eigenvalue weighted by Crippen LogP contribution is -2.54. The summed E-state index contributed by atoms with van der Waals surface area (Å²) >= 11 is 0. The van der Waals surface area contributed by atoms with Crippen LogP contribution in [0.1, 0.15) is 113 Å². The zero-order valence-electron chi connectivity index (χ0n) is 28.5. The second kappa shape index (κ2) is 18.6. The first-order valence-corrected chi connectivity index (χ1v) is 18.3. The Bertz CT molecular complexity index is 1200. The molecule has 0 amide bonds. The maximum atomic E-state index is 14.5. The molecule has 2 aromatic heterocycles. The number of aromatic nitrogens is 3. The number of nitrogens with zero attached hydrogens (tertiary/aromatic N) is 3. The highest BCUT2D eigenvalue weighted by molar-refractivity contribution is 7.59. The standard InChI is InChI=1S/C32H57N6O6P/c1-8-10-12-14-16-20-42-29(39)31(4,5)36-45(41,37-32(6,7)30(40)43-21-17-15-13-11-9-2)24-44-25(3)22-38-23-35-27-26(33)18-19-34-28(27)38/h18-19,23,25H,8-17,20-22,24H2,1-7H3,(H2,33,34)(H2,36,37,41)/t25-/m1/s1. The van der Waals surface area contributed by atoms with Gasteiger partial charge in [-0.2, -0.15) is 0 Å². The number of pyridine rings is 1. The monoisotopic (exact) mass is 652 g/mol. The summed E-state index contributed by atoms with van der Waals surface area (Å²) in [5.41, 5.74) is 5.08. The Labute approximate surface area is 269 Å². The number of anilines is 1. The van der Waals surface area contributed by atoms with Crippen LogP contribution in [0.2, 0.25) is 0 Å². The Morgan fingerprint density at radius 3 is 1.91 bits per heavy atom. The Morgan fingerprint density at radius 2 is 1.40 bits per heavy atom. The molecule has 0 bridgehead atoms. The molecule has 0 spiro atoms. The predicted octanol–water partition coefficient (Wildman–Crippen LogP) is 6.33. The number of fused-ring (bicyclic) bond motifs is 1. The highest BCUT2D eigenvalue weighted by Gasteiger charge is 2.43. The Morgan fingerprint density at radius 1 is 0.889 bits per heavy atom. The number of esters is 2. The lowest BCUT2D eigenvalue weighted by molar-refractivity contribution is -0.149. The molecule has 4 N–H and O–H groups in total. The van der Waals surface area contributed by atoms with Crippen LogP contribution in [0.3, 0.4) is 0 Å². The third-order valence-electron chi connectivity index (χ3n) is 7.43. The number of carbonyl (C=O) groups excluding carboxylic acids is 2. The van der Waals surface area contributed by atoms with E-state index >= 15 is 0 Å². The van der Waals surface area contributed by atoms with E-state index in [1.54, 1.807) is 46.3 Å². The highest BCUT2D eigenvalue weighted by atomic mass is 31.2. The van der Waals surface area contributed by atoms with Gasteiger partial charge >= 0.3 is 11.9 Å². The van der Waals surface area contributed by atoms with Crippen LogP contribution in [-0.2, 0) is 34.9 Å². The van der Waals surface area contributed by atoms with Gasteiger partial charge in [-0.3, -0.25) is 14.2 Å². The van der Waals surface area contributed by atoms with Crippen LogP contribution in [0, 0.1) is 0 Å². The lowest BCUT2D eigenvalue weighted by atomic mass is 10.1. The van der Waals surface area contributed by atoms with Gasteiger partial charge in [0.2, 0.25) is 7.44 Å². The van der Waals surface area contributed by atoms with Gasteiger partial charge in [-0.05, 0) is 53.5 Å². The van der Waals surface area contributed by atoms with E-state index in [-0.39, 0.29) is 19.6 Å². The first-order chi connectivity index (χ1) is 21.2. The summed E-state index contributed by atoms with van der Waals surface area (Å²) in [5, 5.41) is 5.95. The fourth-order valence-corrected chi connectivity index (χ4v) is 7.50. The third kappa shape index (κ3) is 13.0. The summed E-state index contributed by atoms with van der Waals surface area (Å²) < 4.78 is 33.5. The van der Waals surface area contributed by atoms with Crippen molar-refractivity contribution < 1.29 is 28.4 Å². The van der Waals surface area contributed by atoms with Crippen LogP contribution >= 0.6 is 7.44 Å². The molecule has 2 aromatic rings. The number of carbonyl (C=O) groups is 2. The van der Waals surface area contributed by atoms with Crippen molar-refractivity contribution in [3.8, 4) is 0 Å². The molecule has 0 unspecified atom stereocenters. The molecule has 256 valence electrons. The molecule has 45 heavy (non-hydrogen) atoms. The second-order valence-corrected chi connectivity index (χ2v) is 15.1. The normalized spacial score (nSPS) is 13.2. The van der Waals surface area contributed by atoms with E-state index in [1.807, 2.05) is 11.5 Å². The fourth-order valence-electron chi connectivity index (χ4n) is 4.87. The van der Waals surface area contributed by atoms with E-state index in [0.29, 0.717) is 23.4 Å². The maximum absolute atomic E-state index is 14.5. The molecule has 0 aliphatic rings. The van der Waals surface area contributed by atoms with Crippen molar-refractivity contribution in [3.63, 3.8) is 0 Å². The average molecular weight is 653 g/mol. The van der Waals surface area contributed by atoms with Crippen LogP contribution in [-0.4, -0.2) is 63.2 Å². The number of ether oxygens (including phenoxy) is 3. The van der Waals surface area contributed by atoms with Crippen molar-refractivity contribution in [1.29, 1.82) is 0 Å². The minimum atomic E-state index is -3.76. The SMILES string of the molecule is CCCCCCCOC(=O)C(C)(C)NP(=O)(CO[C@H](C)Cn1cnc2c(N)ccnc21)NC(C)(C)C(=O)OCCCCCCC. The molecule has 0 aliphatic carbocycles. The summed E-state index contributed by atoms with van der Waals surface area (Å²) in [6, 6.07) is 1.69. The Balaban J connectivity index is 2.12. The largest absolute Gasteiger partial charge is 0.464 e. The summed E-state index contributed by atoms with van der Waals surface area (Å²) in [7, 11) is -3.76. The van der Waals surface area contributed by atoms with Gasteiger partial charge in [0.1, 0.15) is 22.9 Å². The Hall–Kier alpha value is -2.53. The molecule has 0 saturated carbocycles. The number of hydrogen-bond donors (Lipinski definition) is 3.